The minimum Gasteiger partial charge on any atom is -0.444 e. The van der Waals surface area contributed by atoms with Crippen molar-refractivity contribution in [3.05, 3.63) is 75.6 Å². The molecule has 0 aliphatic rings. The first-order valence-corrected chi connectivity index (χ1v) is 10.1. The lowest BCUT2D eigenvalue weighted by atomic mass is 10.1. The van der Waals surface area contributed by atoms with Gasteiger partial charge in [-0.2, -0.15) is 5.10 Å². The number of rotatable bonds is 7. The molecule has 0 atom stereocenters. The quantitative estimate of drug-likeness (QED) is 0.329. The van der Waals surface area contributed by atoms with Gasteiger partial charge in [-0.25, -0.2) is 19.6 Å². The van der Waals surface area contributed by atoms with Crippen LogP contribution < -0.4 is 5.32 Å². The van der Waals surface area contributed by atoms with Gasteiger partial charge in [-0.05, 0) is 38.3 Å². The predicted octanol–water partition coefficient (Wildman–Crippen LogP) is 3.91. The topological polar surface area (TPSA) is 129 Å². The monoisotopic (exact) mass is 449 g/mol. The van der Waals surface area contributed by atoms with Gasteiger partial charge in [0, 0.05) is 24.5 Å². The minimum absolute atomic E-state index is 0.113. The second-order valence-corrected chi connectivity index (χ2v) is 8.20. The third kappa shape index (κ3) is 6.57. The number of nitrogens with one attached hydrogen (secondary N) is 1. The third-order valence-electron chi connectivity index (χ3n) is 4.41. The zero-order valence-corrected chi connectivity index (χ0v) is 18.5. The molecule has 0 saturated carbocycles. The molecule has 0 fully saturated rings. The number of ether oxygens (including phenoxy) is 1. The summed E-state index contributed by atoms with van der Waals surface area (Å²) in [5, 5.41) is 17.6. The molecule has 0 saturated heterocycles. The van der Waals surface area contributed by atoms with Gasteiger partial charge in [-0.1, -0.05) is 18.2 Å². The Morgan fingerprint density at radius 1 is 1.27 bits per heavy atom. The number of alkyl carbamates (subject to hydrolysis) is 1. The highest BCUT2D eigenvalue weighted by Gasteiger charge is 2.16. The van der Waals surface area contributed by atoms with Crippen LogP contribution in [0.25, 0.3) is 16.2 Å². The summed E-state index contributed by atoms with van der Waals surface area (Å²) in [6, 6.07) is 5.11. The second kappa shape index (κ2) is 9.86. The standard InChI is InChI=1S/C22H23N7O4/c1-22(2,3)33-21(30)24-8-7-15-10-25-20(26-11-15)19-6-5-17(23-4)9-16(19)13-28-14-18(12-27-28)29(31)32/h5-6,9-12,14H,7-8,13H2,1-3H3,(H,24,30). The van der Waals surface area contributed by atoms with Crippen molar-refractivity contribution < 1.29 is 14.5 Å². The molecule has 0 aliphatic heterocycles. The fraction of sp³-hybridized carbons (Fsp3) is 0.318. The van der Waals surface area contributed by atoms with Gasteiger partial charge in [0.1, 0.15) is 18.0 Å². The van der Waals surface area contributed by atoms with Crippen LogP contribution in [-0.2, 0) is 17.7 Å². The molecule has 0 radical (unpaired) electrons. The summed E-state index contributed by atoms with van der Waals surface area (Å²) in [7, 11) is 0. The zero-order valence-electron chi connectivity index (χ0n) is 18.5. The average Bonchev–Trinajstić information content (AvgIpc) is 3.22. The molecular weight excluding hydrogens is 426 g/mol. The molecule has 2 heterocycles. The molecule has 3 rings (SSSR count). The number of hydrogen-bond donors (Lipinski definition) is 1. The van der Waals surface area contributed by atoms with E-state index in [1.165, 1.54) is 17.1 Å². The van der Waals surface area contributed by atoms with Crippen LogP contribution in [0.2, 0.25) is 0 Å². The molecule has 1 N–H and O–H groups in total. The Hall–Kier alpha value is -4.33. The fourth-order valence-electron chi connectivity index (χ4n) is 2.95. The summed E-state index contributed by atoms with van der Waals surface area (Å²) in [6.45, 7) is 13.3. The lowest BCUT2D eigenvalue weighted by molar-refractivity contribution is -0.385. The Balaban J connectivity index is 1.72. The molecule has 11 heteroatoms. The molecule has 0 aliphatic carbocycles. The van der Waals surface area contributed by atoms with Crippen molar-refractivity contribution in [3.8, 4) is 11.4 Å². The van der Waals surface area contributed by atoms with Gasteiger partial charge in [0.15, 0.2) is 11.5 Å². The van der Waals surface area contributed by atoms with Crippen molar-refractivity contribution in [3.63, 3.8) is 0 Å². The van der Waals surface area contributed by atoms with E-state index in [1.807, 2.05) is 0 Å². The molecule has 0 bridgehead atoms. The van der Waals surface area contributed by atoms with Crippen LogP contribution in [0.15, 0.2) is 43.0 Å². The van der Waals surface area contributed by atoms with E-state index in [-0.39, 0.29) is 12.2 Å². The van der Waals surface area contributed by atoms with Crippen molar-refractivity contribution in [1.29, 1.82) is 0 Å². The molecular formula is C22H23N7O4. The summed E-state index contributed by atoms with van der Waals surface area (Å²) < 4.78 is 6.63. The zero-order chi connectivity index (χ0) is 24.0. The number of benzene rings is 1. The molecule has 2 aromatic heterocycles. The Kier molecular flexibility index (Phi) is 6.97. The van der Waals surface area contributed by atoms with Crippen molar-refractivity contribution in [2.24, 2.45) is 0 Å². The van der Waals surface area contributed by atoms with Gasteiger partial charge in [0.2, 0.25) is 0 Å². The number of carbonyl (C=O) groups is 1. The van der Waals surface area contributed by atoms with E-state index in [4.69, 9.17) is 11.3 Å². The summed E-state index contributed by atoms with van der Waals surface area (Å²) in [5.74, 6) is 0.451. The summed E-state index contributed by atoms with van der Waals surface area (Å²) in [6.07, 6.45) is 5.89. The van der Waals surface area contributed by atoms with Gasteiger partial charge >= 0.3 is 11.8 Å². The predicted molar refractivity (Wildman–Crippen MR) is 120 cm³/mol. The van der Waals surface area contributed by atoms with Crippen molar-refractivity contribution in [2.75, 3.05) is 6.54 Å². The van der Waals surface area contributed by atoms with Crippen LogP contribution in [0.3, 0.4) is 0 Å². The Bertz CT molecular complexity index is 1190. The molecule has 1 aromatic carbocycles. The molecule has 33 heavy (non-hydrogen) atoms. The minimum atomic E-state index is -0.559. The number of nitrogens with zero attached hydrogens (tertiary/aromatic N) is 6. The van der Waals surface area contributed by atoms with E-state index in [0.717, 1.165) is 5.56 Å². The summed E-state index contributed by atoms with van der Waals surface area (Å²) >= 11 is 0. The average molecular weight is 449 g/mol. The first-order valence-electron chi connectivity index (χ1n) is 10.1. The van der Waals surface area contributed by atoms with Crippen LogP contribution in [-0.4, -0.2) is 42.9 Å². The number of hydrogen-bond acceptors (Lipinski definition) is 7. The Morgan fingerprint density at radius 2 is 2.00 bits per heavy atom. The molecule has 11 nitrogen and oxygen atoms in total. The summed E-state index contributed by atoms with van der Waals surface area (Å²) in [4.78, 5) is 34.5. The number of carbonyl (C=O) groups excluding carboxylic acids is 1. The maximum absolute atomic E-state index is 11.7. The normalized spacial score (nSPS) is 11.0. The van der Waals surface area contributed by atoms with E-state index in [1.54, 1.807) is 51.4 Å². The van der Waals surface area contributed by atoms with Crippen LogP contribution >= 0.6 is 0 Å². The highest BCUT2D eigenvalue weighted by atomic mass is 16.6. The van der Waals surface area contributed by atoms with Crippen molar-refractivity contribution in [2.45, 2.75) is 39.3 Å². The lowest BCUT2D eigenvalue weighted by Gasteiger charge is -2.19. The highest BCUT2D eigenvalue weighted by molar-refractivity contribution is 5.67. The maximum atomic E-state index is 11.7. The second-order valence-electron chi connectivity index (χ2n) is 8.20. The largest absolute Gasteiger partial charge is 0.444 e. The number of aromatic nitrogens is 4. The van der Waals surface area contributed by atoms with Crippen LogP contribution in [0.5, 0.6) is 0 Å². The maximum Gasteiger partial charge on any atom is 0.407 e. The first kappa shape index (κ1) is 23.3. The van der Waals surface area contributed by atoms with Crippen molar-refractivity contribution in [1.82, 2.24) is 25.1 Å². The molecule has 0 unspecified atom stereocenters. The van der Waals surface area contributed by atoms with Gasteiger partial charge < -0.3 is 10.1 Å². The highest BCUT2D eigenvalue weighted by Crippen LogP contribution is 2.26. The Morgan fingerprint density at radius 3 is 2.61 bits per heavy atom. The van der Waals surface area contributed by atoms with Crippen LogP contribution in [0, 0.1) is 16.7 Å². The molecule has 170 valence electrons. The van der Waals surface area contributed by atoms with E-state index < -0.39 is 16.6 Å². The SMILES string of the molecule is [C-]#[N+]c1ccc(-c2ncc(CCNC(=O)OC(C)(C)C)cn2)c(Cn2cc([N+](=O)[O-])cn2)c1. The number of nitro groups is 1. The van der Waals surface area contributed by atoms with Crippen LogP contribution in [0.4, 0.5) is 16.2 Å². The smallest absolute Gasteiger partial charge is 0.407 e. The Labute approximate surface area is 190 Å². The van der Waals surface area contributed by atoms with Crippen LogP contribution in [0.1, 0.15) is 31.9 Å². The van der Waals surface area contributed by atoms with Gasteiger partial charge in [0.05, 0.1) is 18.0 Å². The van der Waals surface area contributed by atoms with E-state index in [2.05, 4.69) is 25.2 Å². The number of amides is 1. The van der Waals surface area contributed by atoms with Gasteiger partial charge in [-0.3, -0.25) is 14.8 Å². The lowest BCUT2D eigenvalue weighted by Crippen LogP contribution is -2.33. The molecule has 1 amide bonds. The third-order valence-corrected chi connectivity index (χ3v) is 4.41. The molecule has 0 spiro atoms. The fourth-order valence-corrected chi connectivity index (χ4v) is 2.95. The van der Waals surface area contributed by atoms with E-state index >= 15 is 0 Å². The van der Waals surface area contributed by atoms with E-state index in [0.29, 0.717) is 35.6 Å². The van der Waals surface area contributed by atoms with Gasteiger partial charge in [-0.15, -0.1) is 0 Å². The molecule has 3 aromatic rings. The van der Waals surface area contributed by atoms with E-state index in [9.17, 15) is 14.9 Å². The van der Waals surface area contributed by atoms with Gasteiger partial charge in [0.25, 0.3) is 0 Å². The first-order chi connectivity index (χ1) is 15.6. The summed E-state index contributed by atoms with van der Waals surface area (Å²) in [5.41, 5.74) is 1.99. The van der Waals surface area contributed by atoms with Crippen molar-refractivity contribution >= 4 is 17.5 Å².